The van der Waals surface area contributed by atoms with Crippen molar-refractivity contribution >= 4 is 22.9 Å². The minimum absolute atomic E-state index is 0.265. The Morgan fingerprint density at radius 3 is 2.84 bits per heavy atom. The highest BCUT2D eigenvalue weighted by molar-refractivity contribution is 6.03. The number of methoxy groups -OCH3 is 1. The molecule has 1 unspecified atom stereocenters. The lowest BCUT2D eigenvalue weighted by atomic mass is 10.1. The normalized spacial score (nSPS) is 18.5. The summed E-state index contributed by atoms with van der Waals surface area (Å²) in [6, 6.07) is 4.51. The molecule has 1 aliphatic heterocycles. The van der Waals surface area contributed by atoms with Crippen LogP contribution in [-0.4, -0.2) is 58.3 Å². The number of fused-ring (bicyclic) bond motifs is 1. The lowest BCUT2D eigenvalue weighted by Gasteiger charge is -2.17. The fourth-order valence-corrected chi connectivity index (χ4v) is 4.02. The Kier molecular flexibility index (Phi) is 5.19. The van der Waals surface area contributed by atoms with Crippen molar-refractivity contribution < 1.29 is 9.53 Å². The molecule has 2 fully saturated rings. The number of hydrogen-bond acceptors (Lipinski definition) is 7. The minimum Gasteiger partial charge on any atom is -0.493 e. The van der Waals surface area contributed by atoms with Gasteiger partial charge in [-0.15, -0.1) is 0 Å². The molecular weight excluding hydrogens is 394 g/mol. The highest BCUT2D eigenvalue weighted by Gasteiger charge is 2.27. The molecule has 3 aromatic heterocycles. The zero-order valence-electron chi connectivity index (χ0n) is 17.8. The molecule has 162 valence electrons. The van der Waals surface area contributed by atoms with E-state index < -0.39 is 0 Å². The van der Waals surface area contributed by atoms with Crippen LogP contribution < -0.4 is 20.3 Å². The molecule has 1 saturated heterocycles. The van der Waals surface area contributed by atoms with Crippen LogP contribution in [0.4, 0.5) is 11.5 Å². The van der Waals surface area contributed by atoms with E-state index in [1.807, 2.05) is 19.1 Å². The fraction of sp³-hybridized carbons (Fsp3) is 0.455. The van der Waals surface area contributed by atoms with Crippen molar-refractivity contribution in [1.29, 1.82) is 0 Å². The molecule has 5 rings (SSSR count). The van der Waals surface area contributed by atoms with Crippen molar-refractivity contribution in [2.24, 2.45) is 5.92 Å². The van der Waals surface area contributed by atoms with E-state index in [-0.39, 0.29) is 11.6 Å². The molecule has 31 heavy (non-hydrogen) atoms. The van der Waals surface area contributed by atoms with Gasteiger partial charge in [0.2, 0.25) is 0 Å². The number of hydrogen-bond donors (Lipinski definition) is 2. The van der Waals surface area contributed by atoms with E-state index in [1.165, 1.54) is 19.0 Å². The third-order valence-corrected chi connectivity index (χ3v) is 5.91. The van der Waals surface area contributed by atoms with E-state index in [4.69, 9.17) is 4.74 Å². The Morgan fingerprint density at radius 2 is 2.10 bits per heavy atom. The zero-order chi connectivity index (χ0) is 21.4. The van der Waals surface area contributed by atoms with Crippen LogP contribution >= 0.6 is 0 Å². The Labute approximate surface area is 180 Å². The summed E-state index contributed by atoms with van der Waals surface area (Å²) in [7, 11) is 1.56. The predicted molar refractivity (Wildman–Crippen MR) is 118 cm³/mol. The van der Waals surface area contributed by atoms with Crippen LogP contribution in [0.3, 0.4) is 0 Å². The monoisotopic (exact) mass is 421 g/mol. The third kappa shape index (κ3) is 4.32. The smallest absolute Gasteiger partial charge is 0.275 e. The van der Waals surface area contributed by atoms with Crippen molar-refractivity contribution in [3.63, 3.8) is 0 Å². The molecule has 0 bridgehead atoms. The molecule has 2 N–H and O–H groups in total. The van der Waals surface area contributed by atoms with Gasteiger partial charge >= 0.3 is 0 Å². The van der Waals surface area contributed by atoms with Crippen LogP contribution in [0, 0.1) is 12.8 Å². The quantitative estimate of drug-likeness (QED) is 0.604. The summed E-state index contributed by atoms with van der Waals surface area (Å²) < 4.78 is 7.14. The van der Waals surface area contributed by atoms with Crippen molar-refractivity contribution in [1.82, 2.24) is 24.9 Å². The van der Waals surface area contributed by atoms with E-state index in [0.717, 1.165) is 49.1 Å². The maximum absolute atomic E-state index is 12.7. The van der Waals surface area contributed by atoms with Crippen LogP contribution in [-0.2, 0) is 0 Å². The minimum atomic E-state index is -0.328. The maximum Gasteiger partial charge on any atom is 0.275 e. The van der Waals surface area contributed by atoms with Crippen molar-refractivity contribution in [2.75, 3.05) is 37.0 Å². The van der Waals surface area contributed by atoms with Gasteiger partial charge < -0.3 is 20.3 Å². The van der Waals surface area contributed by atoms with Gasteiger partial charge in [-0.1, -0.05) is 0 Å². The summed E-state index contributed by atoms with van der Waals surface area (Å²) in [4.78, 5) is 23.9. The van der Waals surface area contributed by atoms with E-state index in [2.05, 4.69) is 30.6 Å². The van der Waals surface area contributed by atoms with Crippen LogP contribution in [0.2, 0.25) is 0 Å². The molecule has 9 heteroatoms. The lowest BCUT2D eigenvalue weighted by molar-refractivity contribution is 0.102. The molecule has 1 saturated carbocycles. The summed E-state index contributed by atoms with van der Waals surface area (Å²) in [6.07, 6.45) is 8.75. The summed E-state index contributed by atoms with van der Waals surface area (Å²) >= 11 is 0. The summed E-state index contributed by atoms with van der Waals surface area (Å²) in [5.74, 6) is 1.65. The summed E-state index contributed by atoms with van der Waals surface area (Å²) in [5, 5.41) is 10.9. The zero-order valence-corrected chi connectivity index (χ0v) is 17.8. The van der Waals surface area contributed by atoms with Gasteiger partial charge in [0, 0.05) is 19.1 Å². The molecule has 0 spiro atoms. The summed E-state index contributed by atoms with van der Waals surface area (Å²) in [5.41, 5.74) is 2.59. The first-order valence-electron chi connectivity index (χ1n) is 10.7. The molecule has 3 aromatic rings. The van der Waals surface area contributed by atoms with E-state index in [1.54, 1.807) is 24.0 Å². The largest absolute Gasteiger partial charge is 0.493 e. The number of anilines is 2. The first-order valence-corrected chi connectivity index (χ1v) is 10.7. The fourth-order valence-electron chi connectivity index (χ4n) is 4.02. The van der Waals surface area contributed by atoms with Gasteiger partial charge in [-0.05, 0) is 50.8 Å². The maximum atomic E-state index is 12.7. The Hall–Kier alpha value is -3.20. The first-order chi connectivity index (χ1) is 15.1. The number of carbonyl (C=O) groups is 1. The molecule has 1 amide bonds. The standard InChI is InChI=1S/C22H27N7O2/c1-14-7-17-8-18(20(31-2)13-29(17)27-14)26-22(30)19-10-25-21(11-24-19)28-6-5-15(12-28)9-23-16-3-4-16/h7-8,10-11,13,15-16,23H,3-6,9,12H2,1-2H3,(H,26,30). The SMILES string of the molecule is COc1cn2nc(C)cc2cc1NC(=O)c1cnc(N2CCC(CNC3CC3)C2)cn1. The predicted octanol–water partition coefficient (Wildman–Crippen LogP) is 2.27. The van der Waals surface area contributed by atoms with Crippen LogP contribution in [0.25, 0.3) is 5.52 Å². The second kappa shape index (κ2) is 8.14. The van der Waals surface area contributed by atoms with Crippen LogP contribution in [0.5, 0.6) is 5.75 Å². The highest BCUT2D eigenvalue weighted by Crippen LogP contribution is 2.27. The van der Waals surface area contributed by atoms with Gasteiger partial charge in [0.15, 0.2) is 5.75 Å². The number of aryl methyl sites for hydroxylation is 1. The molecule has 2 aliphatic rings. The molecule has 0 radical (unpaired) electrons. The molecule has 4 heterocycles. The van der Waals surface area contributed by atoms with Gasteiger partial charge in [0.25, 0.3) is 5.91 Å². The van der Waals surface area contributed by atoms with Crippen LogP contribution in [0.1, 0.15) is 35.4 Å². The summed E-state index contributed by atoms with van der Waals surface area (Å²) in [6.45, 7) is 4.93. The average Bonchev–Trinajstić information content (AvgIpc) is 3.36. The molecular formula is C22H27N7O2. The van der Waals surface area contributed by atoms with Gasteiger partial charge in [0.05, 0.1) is 42.6 Å². The number of aromatic nitrogens is 4. The Morgan fingerprint density at radius 1 is 1.23 bits per heavy atom. The first kappa shape index (κ1) is 19.7. The van der Waals surface area contributed by atoms with Gasteiger partial charge in [-0.25, -0.2) is 14.5 Å². The Balaban J connectivity index is 1.24. The number of amides is 1. The molecule has 9 nitrogen and oxygen atoms in total. The van der Waals surface area contributed by atoms with Crippen molar-refractivity contribution in [2.45, 2.75) is 32.2 Å². The number of nitrogens with one attached hydrogen (secondary N) is 2. The molecule has 1 atom stereocenters. The second-order valence-corrected chi connectivity index (χ2v) is 8.41. The lowest BCUT2D eigenvalue weighted by Crippen LogP contribution is -2.28. The number of ether oxygens (including phenoxy) is 1. The van der Waals surface area contributed by atoms with Gasteiger partial charge in [0.1, 0.15) is 11.5 Å². The average molecular weight is 422 g/mol. The van der Waals surface area contributed by atoms with E-state index in [9.17, 15) is 4.79 Å². The topological polar surface area (TPSA) is 96.7 Å². The number of carbonyl (C=O) groups excluding carboxylic acids is 1. The van der Waals surface area contributed by atoms with E-state index >= 15 is 0 Å². The number of rotatable bonds is 7. The number of pyridine rings is 1. The van der Waals surface area contributed by atoms with Crippen LogP contribution in [0.15, 0.2) is 30.7 Å². The van der Waals surface area contributed by atoms with Crippen molar-refractivity contribution in [3.8, 4) is 5.75 Å². The Bertz CT molecular complexity index is 1090. The van der Waals surface area contributed by atoms with Crippen molar-refractivity contribution in [3.05, 3.63) is 42.1 Å². The second-order valence-electron chi connectivity index (χ2n) is 8.41. The highest BCUT2D eigenvalue weighted by atomic mass is 16.5. The van der Waals surface area contributed by atoms with Gasteiger partial charge in [-0.2, -0.15) is 5.10 Å². The third-order valence-electron chi connectivity index (χ3n) is 5.91. The molecule has 0 aromatic carbocycles. The van der Waals surface area contributed by atoms with E-state index in [0.29, 0.717) is 17.4 Å². The van der Waals surface area contributed by atoms with Gasteiger partial charge in [-0.3, -0.25) is 4.79 Å². The number of nitrogens with zero attached hydrogens (tertiary/aromatic N) is 5. The molecule has 1 aliphatic carbocycles.